The number of urea groups is 1. The van der Waals surface area contributed by atoms with Crippen LogP contribution in [0.2, 0.25) is 0 Å². The van der Waals surface area contributed by atoms with Gasteiger partial charge in [-0.1, -0.05) is 0 Å². The number of carbonyl (C=O) groups is 6. The van der Waals surface area contributed by atoms with Crippen LogP contribution in [-0.2, 0) is 9.59 Å². The highest BCUT2D eigenvalue weighted by atomic mass is 16.2. The molecule has 0 saturated carbocycles. The van der Waals surface area contributed by atoms with E-state index in [0.717, 1.165) is 93.3 Å². The highest BCUT2D eigenvalue weighted by molar-refractivity contribution is 6.23. The Morgan fingerprint density at radius 2 is 1.57 bits per heavy atom. The third-order valence-electron chi connectivity index (χ3n) is 12.9. The van der Waals surface area contributed by atoms with Gasteiger partial charge in [-0.3, -0.25) is 34.2 Å². The number of rotatable bonds is 8. The molecule has 1 spiro atoms. The maximum Gasteiger partial charge on any atom is 0.320 e. The lowest BCUT2D eigenvalue weighted by Gasteiger charge is -2.40. The molecule has 2 atom stereocenters. The molecule has 1 unspecified atom stereocenters. The number of nitrogens with zero attached hydrogens (tertiary/aromatic N) is 8. The first-order valence-corrected chi connectivity index (χ1v) is 20.1. The highest BCUT2D eigenvalue weighted by Gasteiger charge is 2.46. The fraction of sp³-hybridized carbons (Fsp3) is 0.463. The minimum atomic E-state index is -0.987. The van der Waals surface area contributed by atoms with Gasteiger partial charge in [-0.2, -0.15) is 0 Å². The maximum absolute atomic E-state index is 13.4. The Morgan fingerprint density at radius 1 is 0.845 bits per heavy atom. The quantitative estimate of drug-likeness (QED) is 0.283. The third-order valence-corrected chi connectivity index (χ3v) is 12.9. The molecule has 9 rings (SSSR count). The number of carbonyl (C=O) groups excluding carboxylic acids is 6. The first kappa shape index (κ1) is 37.3. The second-order valence-corrected chi connectivity index (χ2v) is 16.4. The molecule has 5 saturated heterocycles. The van der Waals surface area contributed by atoms with Crippen molar-refractivity contribution in [2.75, 3.05) is 79.4 Å². The van der Waals surface area contributed by atoms with E-state index in [9.17, 15) is 28.8 Å². The topological polar surface area (TPSA) is 198 Å². The van der Waals surface area contributed by atoms with Gasteiger partial charge in [0.05, 0.1) is 23.4 Å². The molecule has 0 bridgehead atoms. The number of benzene rings is 2. The Labute approximate surface area is 335 Å². The van der Waals surface area contributed by atoms with Crippen LogP contribution in [0.5, 0.6) is 0 Å². The van der Waals surface area contributed by atoms with Crippen LogP contribution in [0.15, 0.2) is 48.7 Å². The van der Waals surface area contributed by atoms with Gasteiger partial charge < -0.3 is 35.6 Å². The Hall–Kier alpha value is -6.26. The summed E-state index contributed by atoms with van der Waals surface area (Å²) >= 11 is 0. The van der Waals surface area contributed by atoms with Crippen LogP contribution in [-0.4, -0.2) is 132 Å². The fourth-order valence-corrected chi connectivity index (χ4v) is 9.57. The van der Waals surface area contributed by atoms with Crippen LogP contribution in [0.1, 0.15) is 76.2 Å². The SMILES string of the molecule is CN1CCN([C@H]2CCCN(c3cnc(C(N)=O)c(Nc4ccc(N5CCC6(CC5)CCN(c5ccc7c(c5)C(=O)N(C5CCC(=O)NC5=O)C7=O)C6)cc4)n3)C2)C1=O. The maximum atomic E-state index is 13.4. The van der Waals surface area contributed by atoms with Crippen molar-refractivity contribution in [1.29, 1.82) is 0 Å². The summed E-state index contributed by atoms with van der Waals surface area (Å²) in [7, 11) is 1.83. The van der Waals surface area contributed by atoms with E-state index in [4.69, 9.17) is 10.7 Å². The standard InChI is InChI=1S/C41H47N11O6/c1-47-19-20-51(40(47)58)28-3-2-15-49(23-28)32-22-43-34(35(42)54)36(45-32)44-25-4-6-26(7-5-25)48-16-12-41(13-17-48)14-18-50(24-41)27-8-9-29-30(21-27)39(57)52(38(29)56)31-10-11-33(53)46-37(31)55/h4-9,21-22,28,31H,2-3,10-20,23-24H2,1H3,(H2,42,54)(H,44,45)(H,46,53,55)/t28-,31?/m0/s1. The monoisotopic (exact) mass is 789 g/mol. The summed E-state index contributed by atoms with van der Waals surface area (Å²) < 4.78 is 0. The van der Waals surface area contributed by atoms with Gasteiger partial charge in [0, 0.05) is 82.9 Å². The number of aromatic nitrogens is 2. The summed E-state index contributed by atoms with van der Waals surface area (Å²) in [6.45, 7) is 6.28. The Balaban J connectivity index is 0.819. The molecule has 0 radical (unpaired) electrons. The number of primary amides is 1. The zero-order valence-corrected chi connectivity index (χ0v) is 32.5. The second-order valence-electron chi connectivity index (χ2n) is 16.4. The van der Waals surface area contributed by atoms with Crippen molar-refractivity contribution in [3.63, 3.8) is 0 Å². The average molecular weight is 790 g/mol. The van der Waals surface area contributed by atoms with Crippen LogP contribution in [0, 0.1) is 5.41 Å². The molecule has 1 aromatic heterocycles. The molecule has 4 N–H and O–H groups in total. The molecule has 7 heterocycles. The lowest BCUT2D eigenvalue weighted by atomic mass is 9.77. The molecule has 17 heteroatoms. The zero-order valence-electron chi connectivity index (χ0n) is 32.5. The fourth-order valence-electron chi connectivity index (χ4n) is 9.57. The van der Waals surface area contributed by atoms with E-state index >= 15 is 0 Å². The molecular weight excluding hydrogens is 743 g/mol. The summed E-state index contributed by atoms with van der Waals surface area (Å²) in [5.41, 5.74) is 9.19. The van der Waals surface area contributed by atoms with Crippen molar-refractivity contribution in [3.8, 4) is 0 Å². The van der Waals surface area contributed by atoms with Crippen molar-refractivity contribution >= 4 is 64.3 Å². The molecule has 17 nitrogen and oxygen atoms in total. The molecule has 0 aliphatic carbocycles. The number of amides is 7. The predicted molar refractivity (Wildman–Crippen MR) is 214 cm³/mol. The van der Waals surface area contributed by atoms with Crippen LogP contribution < -0.4 is 31.1 Å². The highest BCUT2D eigenvalue weighted by Crippen LogP contribution is 2.43. The van der Waals surface area contributed by atoms with E-state index in [1.807, 2.05) is 30.1 Å². The number of nitrogens with two attached hydrogens (primary N) is 1. The number of anilines is 5. The Morgan fingerprint density at radius 3 is 2.28 bits per heavy atom. The zero-order chi connectivity index (χ0) is 40.3. The molecule has 302 valence electrons. The van der Waals surface area contributed by atoms with Gasteiger partial charge in [0.25, 0.3) is 17.7 Å². The number of nitrogens with one attached hydrogen (secondary N) is 2. The third kappa shape index (κ3) is 6.71. The largest absolute Gasteiger partial charge is 0.371 e. The number of hydrogen-bond donors (Lipinski definition) is 3. The van der Waals surface area contributed by atoms with Crippen molar-refractivity contribution in [1.82, 2.24) is 30.0 Å². The van der Waals surface area contributed by atoms with Gasteiger partial charge in [-0.05, 0) is 86.4 Å². The number of piperidine rings is 3. The summed E-state index contributed by atoms with van der Waals surface area (Å²) in [5.74, 6) is -1.78. The number of fused-ring (bicyclic) bond motifs is 1. The van der Waals surface area contributed by atoms with Gasteiger partial charge in [-0.15, -0.1) is 0 Å². The Bertz CT molecular complexity index is 2210. The van der Waals surface area contributed by atoms with Gasteiger partial charge in [0.1, 0.15) is 11.9 Å². The van der Waals surface area contributed by atoms with Crippen molar-refractivity contribution in [2.45, 2.75) is 57.0 Å². The Kier molecular flexibility index (Phi) is 9.39. The summed E-state index contributed by atoms with van der Waals surface area (Å²) in [6.07, 6.45) is 6.64. The molecule has 3 aromatic rings. The van der Waals surface area contributed by atoms with Crippen LogP contribution in [0.25, 0.3) is 0 Å². The van der Waals surface area contributed by atoms with Gasteiger partial charge >= 0.3 is 6.03 Å². The molecule has 5 fully saturated rings. The number of imide groups is 2. The van der Waals surface area contributed by atoms with Crippen LogP contribution in [0.3, 0.4) is 0 Å². The molecule has 58 heavy (non-hydrogen) atoms. The summed E-state index contributed by atoms with van der Waals surface area (Å²) in [6, 6.07) is 12.5. The van der Waals surface area contributed by atoms with E-state index < -0.39 is 35.6 Å². The van der Waals surface area contributed by atoms with E-state index in [-0.39, 0.29) is 47.4 Å². The minimum Gasteiger partial charge on any atom is -0.371 e. The van der Waals surface area contributed by atoms with Gasteiger partial charge in [0.15, 0.2) is 11.5 Å². The molecule has 7 amide bonds. The van der Waals surface area contributed by atoms with Crippen LogP contribution >= 0.6 is 0 Å². The lowest BCUT2D eigenvalue weighted by molar-refractivity contribution is -0.136. The predicted octanol–water partition coefficient (Wildman–Crippen LogP) is 2.55. The normalized spacial score (nSPS) is 23.3. The number of likely N-dealkylation sites (N-methyl/N-ethyl adjacent to an activating group) is 1. The van der Waals surface area contributed by atoms with Crippen molar-refractivity contribution < 1.29 is 28.8 Å². The average Bonchev–Trinajstić information content (AvgIpc) is 3.87. The first-order valence-electron chi connectivity index (χ1n) is 20.1. The molecule has 6 aliphatic heterocycles. The first-order chi connectivity index (χ1) is 28.0. The molecule has 6 aliphatic rings. The van der Waals surface area contributed by atoms with E-state index in [0.29, 0.717) is 24.5 Å². The van der Waals surface area contributed by atoms with Gasteiger partial charge in [-0.25, -0.2) is 14.8 Å². The molecular formula is C41H47N11O6. The summed E-state index contributed by atoms with van der Waals surface area (Å²) in [4.78, 5) is 96.5. The second kappa shape index (κ2) is 14.6. The van der Waals surface area contributed by atoms with E-state index in [1.165, 1.54) is 0 Å². The van der Waals surface area contributed by atoms with Gasteiger partial charge in [0.2, 0.25) is 11.8 Å². The van der Waals surface area contributed by atoms with E-state index in [2.05, 4.69) is 42.5 Å². The van der Waals surface area contributed by atoms with Crippen molar-refractivity contribution in [2.24, 2.45) is 11.1 Å². The van der Waals surface area contributed by atoms with Crippen molar-refractivity contribution in [3.05, 3.63) is 65.5 Å². The minimum absolute atomic E-state index is 0.0526. The van der Waals surface area contributed by atoms with E-state index in [1.54, 1.807) is 23.2 Å². The number of hydrogen-bond acceptors (Lipinski definition) is 12. The molecule has 2 aromatic carbocycles. The lowest BCUT2D eigenvalue weighted by Crippen LogP contribution is -2.54. The smallest absolute Gasteiger partial charge is 0.320 e. The summed E-state index contributed by atoms with van der Waals surface area (Å²) in [5, 5.41) is 5.52. The van der Waals surface area contributed by atoms with Crippen LogP contribution in [0.4, 0.5) is 33.5 Å².